The first-order chi connectivity index (χ1) is 10.0. The maximum Gasteiger partial charge on any atom is 0.278 e. The van der Waals surface area contributed by atoms with Gasteiger partial charge in [0.05, 0.1) is 33.4 Å². The number of halogens is 1. The number of nitro benzene ring substituents is 1. The molecular weight excluding hydrogens is 316 g/mol. The maximum atomic E-state index is 11.9. The van der Waals surface area contributed by atoms with E-state index >= 15 is 0 Å². The largest absolute Gasteiger partial charge is 0.496 e. The Balaban J connectivity index is 2.19. The van der Waals surface area contributed by atoms with Crippen molar-refractivity contribution in [1.82, 2.24) is 5.32 Å². The molecule has 6 nitrogen and oxygen atoms in total. The van der Waals surface area contributed by atoms with E-state index in [0.717, 1.165) is 11.3 Å². The number of nitrogens with zero attached hydrogens (tertiary/aromatic N) is 1. The van der Waals surface area contributed by atoms with Gasteiger partial charge in [0.2, 0.25) is 0 Å². The topological polar surface area (TPSA) is 81.5 Å². The lowest BCUT2D eigenvalue weighted by Crippen LogP contribution is -2.22. The summed E-state index contributed by atoms with van der Waals surface area (Å²) in [4.78, 5) is 22.9. The van der Waals surface area contributed by atoms with Gasteiger partial charge in [-0.1, -0.05) is 17.7 Å². The summed E-state index contributed by atoms with van der Waals surface area (Å²) in [5, 5.41) is 13.7. The number of nitro groups is 1. The standard InChI is InChI=1S/C13H11ClN2O4S/c1-20-10-4-2-3-9(16(18)19)8(10)7-15-13(17)11-5-6-12(14)21-11/h2-6H,7H2,1H3,(H,15,17). The molecule has 0 radical (unpaired) electrons. The van der Waals surface area contributed by atoms with E-state index in [0.29, 0.717) is 20.5 Å². The van der Waals surface area contributed by atoms with Crippen molar-refractivity contribution < 1.29 is 14.5 Å². The van der Waals surface area contributed by atoms with Crippen LogP contribution in [0.2, 0.25) is 4.34 Å². The first kappa shape index (κ1) is 15.3. The highest BCUT2D eigenvalue weighted by Gasteiger charge is 2.19. The first-order valence-electron chi connectivity index (χ1n) is 5.86. The number of nitrogens with one attached hydrogen (secondary N) is 1. The monoisotopic (exact) mass is 326 g/mol. The van der Waals surface area contributed by atoms with E-state index in [9.17, 15) is 14.9 Å². The third kappa shape index (κ3) is 3.50. The van der Waals surface area contributed by atoms with Gasteiger partial charge in [-0.15, -0.1) is 11.3 Å². The van der Waals surface area contributed by atoms with Crippen LogP contribution in [-0.4, -0.2) is 17.9 Å². The molecule has 1 amide bonds. The van der Waals surface area contributed by atoms with Gasteiger partial charge in [0.25, 0.3) is 11.6 Å². The molecule has 1 heterocycles. The summed E-state index contributed by atoms with van der Waals surface area (Å²) in [6.07, 6.45) is 0. The second-order valence-electron chi connectivity index (χ2n) is 4.00. The van der Waals surface area contributed by atoms with E-state index in [1.807, 2.05) is 0 Å². The predicted molar refractivity (Wildman–Crippen MR) is 80.1 cm³/mol. The fraction of sp³-hybridized carbons (Fsp3) is 0.154. The fourth-order valence-electron chi connectivity index (χ4n) is 1.79. The molecule has 0 aliphatic carbocycles. The number of thiophene rings is 1. The molecule has 1 N–H and O–H groups in total. The second-order valence-corrected chi connectivity index (χ2v) is 5.72. The Bertz CT molecular complexity index is 687. The highest BCUT2D eigenvalue weighted by molar-refractivity contribution is 7.17. The van der Waals surface area contributed by atoms with Gasteiger partial charge < -0.3 is 10.1 Å². The molecule has 0 atom stereocenters. The molecule has 1 aromatic carbocycles. The Kier molecular flexibility index (Phi) is 4.77. The third-order valence-corrected chi connectivity index (χ3v) is 3.98. The minimum atomic E-state index is -0.508. The number of amides is 1. The van der Waals surface area contributed by atoms with Crippen molar-refractivity contribution in [1.29, 1.82) is 0 Å². The normalized spacial score (nSPS) is 10.2. The van der Waals surface area contributed by atoms with E-state index in [1.54, 1.807) is 18.2 Å². The van der Waals surface area contributed by atoms with Crippen LogP contribution < -0.4 is 10.1 Å². The van der Waals surface area contributed by atoms with E-state index in [1.165, 1.54) is 19.2 Å². The van der Waals surface area contributed by atoms with Crippen molar-refractivity contribution in [3.63, 3.8) is 0 Å². The van der Waals surface area contributed by atoms with Gasteiger partial charge in [0.1, 0.15) is 5.75 Å². The van der Waals surface area contributed by atoms with Crippen molar-refractivity contribution >= 4 is 34.5 Å². The molecule has 0 aliphatic heterocycles. The highest BCUT2D eigenvalue weighted by Crippen LogP contribution is 2.28. The SMILES string of the molecule is COc1cccc([N+](=O)[O-])c1CNC(=O)c1ccc(Cl)s1. The Morgan fingerprint density at radius 3 is 2.76 bits per heavy atom. The number of rotatable bonds is 5. The number of hydrogen-bond donors (Lipinski definition) is 1. The van der Waals surface area contributed by atoms with Crippen molar-refractivity contribution in [2.75, 3.05) is 7.11 Å². The highest BCUT2D eigenvalue weighted by atomic mass is 35.5. The number of methoxy groups -OCH3 is 1. The van der Waals surface area contributed by atoms with Crippen LogP contribution in [0.4, 0.5) is 5.69 Å². The summed E-state index contributed by atoms with van der Waals surface area (Å²) in [6.45, 7) is -0.00528. The van der Waals surface area contributed by atoms with Gasteiger partial charge in [0, 0.05) is 6.07 Å². The number of ether oxygens (including phenoxy) is 1. The molecular formula is C13H11ClN2O4S. The summed E-state index contributed by atoms with van der Waals surface area (Å²) < 4.78 is 5.61. The van der Waals surface area contributed by atoms with Crippen LogP contribution in [-0.2, 0) is 6.54 Å². The van der Waals surface area contributed by atoms with Gasteiger partial charge in [-0.05, 0) is 18.2 Å². The van der Waals surface area contributed by atoms with Crippen LogP contribution in [0.25, 0.3) is 0 Å². The van der Waals surface area contributed by atoms with E-state index in [2.05, 4.69) is 5.32 Å². The fourth-order valence-corrected chi connectivity index (χ4v) is 2.75. The number of carbonyl (C=O) groups is 1. The minimum absolute atomic E-state index is 0.00528. The molecule has 0 bridgehead atoms. The molecule has 21 heavy (non-hydrogen) atoms. The van der Waals surface area contributed by atoms with Crippen LogP contribution in [0.1, 0.15) is 15.2 Å². The van der Waals surface area contributed by atoms with Crippen molar-refractivity contribution in [3.05, 3.63) is 55.2 Å². The van der Waals surface area contributed by atoms with E-state index in [-0.39, 0.29) is 18.1 Å². The first-order valence-corrected chi connectivity index (χ1v) is 7.06. The van der Waals surface area contributed by atoms with Crippen molar-refractivity contribution in [2.45, 2.75) is 6.54 Å². The Morgan fingerprint density at radius 2 is 2.19 bits per heavy atom. The van der Waals surface area contributed by atoms with Crippen molar-refractivity contribution in [2.24, 2.45) is 0 Å². The van der Waals surface area contributed by atoms with Crippen LogP contribution in [0.15, 0.2) is 30.3 Å². The maximum absolute atomic E-state index is 11.9. The molecule has 0 fully saturated rings. The molecule has 2 aromatic rings. The van der Waals surface area contributed by atoms with Crippen LogP contribution >= 0.6 is 22.9 Å². The average Bonchev–Trinajstić information content (AvgIpc) is 2.90. The van der Waals surface area contributed by atoms with Gasteiger partial charge >= 0.3 is 0 Å². The summed E-state index contributed by atoms with van der Waals surface area (Å²) >= 11 is 6.91. The summed E-state index contributed by atoms with van der Waals surface area (Å²) in [7, 11) is 1.42. The Labute approximate surface area is 129 Å². The Hall–Kier alpha value is -2.12. The summed E-state index contributed by atoms with van der Waals surface area (Å²) in [6, 6.07) is 7.72. The zero-order valence-corrected chi connectivity index (χ0v) is 12.5. The van der Waals surface area contributed by atoms with E-state index in [4.69, 9.17) is 16.3 Å². The van der Waals surface area contributed by atoms with Crippen LogP contribution in [0, 0.1) is 10.1 Å². The van der Waals surface area contributed by atoms with Crippen molar-refractivity contribution in [3.8, 4) is 5.75 Å². The quantitative estimate of drug-likeness (QED) is 0.675. The number of benzene rings is 1. The summed E-state index contributed by atoms with van der Waals surface area (Å²) in [5.74, 6) is 0.0146. The minimum Gasteiger partial charge on any atom is -0.496 e. The molecule has 0 saturated heterocycles. The average molecular weight is 327 g/mol. The lowest BCUT2D eigenvalue weighted by Gasteiger charge is -2.09. The molecule has 8 heteroatoms. The lowest BCUT2D eigenvalue weighted by molar-refractivity contribution is -0.385. The van der Waals surface area contributed by atoms with Gasteiger partial charge in [-0.2, -0.15) is 0 Å². The zero-order chi connectivity index (χ0) is 15.4. The third-order valence-electron chi connectivity index (χ3n) is 2.75. The molecule has 0 spiro atoms. The predicted octanol–water partition coefficient (Wildman–Crippen LogP) is 3.25. The lowest BCUT2D eigenvalue weighted by atomic mass is 10.1. The van der Waals surface area contributed by atoms with Crippen LogP contribution in [0.3, 0.4) is 0 Å². The molecule has 0 aliphatic rings. The van der Waals surface area contributed by atoms with Crippen LogP contribution in [0.5, 0.6) is 5.75 Å². The Morgan fingerprint density at radius 1 is 1.43 bits per heavy atom. The van der Waals surface area contributed by atoms with Gasteiger partial charge in [-0.25, -0.2) is 0 Å². The smallest absolute Gasteiger partial charge is 0.278 e. The van der Waals surface area contributed by atoms with Gasteiger partial charge in [-0.3, -0.25) is 14.9 Å². The molecule has 0 unspecified atom stereocenters. The molecule has 110 valence electrons. The summed E-state index contributed by atoms with van der Waals surface area (Å²) in [5.41, 5.74) is 0.222. The number of carbonyl (C=O) groups excluding carboxylic acids is 1. The molecule has 1 aromatic heterocycles. The van der Waals surface area contributed by atoms with E-state index < -0.39 is 4.92 Å². The zero-order valence-electron chi connectivity index (χ0n) is 11.0. The number of hydrogen-bond acceptors (Lipinski definition) is 5. The van der Waals surface area contributed by atoms with Gasteiger partial charge in [0.15, 0.2) is 0 Å². The second kappa shape index (κ2) is 6.55. The molecule has 0 saturated carbocycles. The molecule has 2 rings (SSSR count).